The molecule has 0 aromatic rings. The lowest BCUT2D eigenvalue weighted by Gasteiger charge is -2.37. The Labute approximate surface area is 74.7 Å². The van der Waals surface area contributed by atoms with Gasteiger partial charge in [-0.1, -0.05) is 0 Å². The Morgan fingerprint density at radius 1 is 1.31 bits per heavy atom. The second-order valence-electron chi connectivity index (χ2n) is 2.81. The highest BCUT2D eigenvalue weighted by Gasteiger charge is 2.43. The van der Waals surface area contributed by atoms with E-state index in [4.69, 9.17) is 9.84 Å². The molecule has 1 fully saturated rings. The van der Waals surface area contributed by atoms with Gasteiger partial charge in [0.2, 0.25) is 0 Å². The third kappa shape index (κ3) is 1.87. The number of carbonyl (C=O) groups is 1. The van der Waals surface area contributed by atoms with Crippen LogP contribution in [-0.4, -0.2) is 59.4 Å². The first-order chi connectivity index (χ1) is 6.11. The molecule has 13 heavy (non-hydrogen) atoms. The monoisotopic (exact) mass is 192 g/mol. The van der Waals surface area contributed by atoms with E-state index >= 15 is 0 Å². The molecule has 0 radical (unpaired) electrons. The zero-order valence-electron chi connectivity index (χ0n) is 7.03. The highest BCUT2D eigenvalue weighted by Crippen LogP contribution is 2.20. The van der Waals surface area contributed by atoms with Crippen molar-refractivity contribution in [1.82, 2.24) is 0 Å². The van der Waals surface area contributed by atoms with Crippen molar-refractivity contribution in [2.24, 2.45) is 0 Å². The van der Waals surface area contributed by atoms with Gasteiger partial charge in [-0.3, -0.25) is 0 Å². The highest BCUT2D eigenvalue weighted by molar-refractivity contribution is 5.57. The van der Waals surface area contributed by atoms with Crippen LogP contribution in [0.5, 0.6) is 0 Å². The molecule has 5 atom stereocenters. The molecule has 76 valence electrons. The largest absolute Gasteiger partial charge is 0.387 e. The molecule has 1 aliphatic rings. The van der Waals surface area contributed by atoms with Gasteiger partial charge >= 0.3 is 0 Å². The molecule has 1 saturated heterocycles. The molecule has 3 N–H and O–H groups in total. The Bertz CT molecular complexity index is 184. The molecular weight excluding hydrogens is 180 g/mol. The summed E-state index contributed by atoms with van der Waals surface area (Å²) in [6.45, 7) is 0. The molecule has 0 amide bonds. The van der Waals surface area contributed by atoms with Gasteiger partial charge < -0.3 is 29.6 Å². The summed E-state index contributed by atoms with van der Waals surface area (Å²) in [5, 5.41) is 27.7. The third-order valence-electron chi connectivity index (χ3n) is 2.00. The van der Waals surface area contributed by atoms with E-state index in [2.05, 4.69) is 4.74 Å². The smallest absolute Gasteiger partial charge is 0.184 e. The maximum Gasteiger partial charge on any atom is 0.184 e. The van der Waals surface area contributed by atoms with Crippen LogP contribution in [0.15, 0.2) is 0 Å². The Morgan fingerprint density at radius 3 is 2.38 bits per heavy atom. The number of aldehydes is 1. The van der Waals surface area contributed by atoms with Gasteiger partial charge in [0.15, 0.2) is 12.6 Å². The normalized spacial score (nSPS) is 46.0. The van der Waals surface area contributed by atoms with Gasteiger partial charge in [-0.05, 0) is 0 Å². The molecule has 0 aliphatic carbocycles. The molecule has 1 heterocycles. The van der Waals surface area contributed by atoms with Gasteiger partial charge in [0.1, 0.15) is 24.4 Å². The maximum atomic E-state index is 10.4. The van der Waals surface area contributed by atoms with Crippen molar-refractivity contribution in [3.05, 3.63) is 0 Å². The van der Waals surface area contributed by atoms with Crippen molar-refractivity contribution in [2.45, 2.75) is 30.7 Å². The SMILES string of the molecule is COC1C(O)C(O)OC(C=O)C1O. The van der Waals surface area contributed by atoms with Crippen molar-refractivity contribution >= 4 is 6.29 Å². The molecule has 0 aromatic heterocycles. The molecule has 0 saturated carbocycles. The lowest BCUT2D eigenvalue weighted by Crippen LogP contribution is -2.58. The molecule has 0 bridgehead atoms. The Morgan fingerprint density at radius 2 is 1.92 bits per heavy atom. The van der Waals surface area contributed by atoms with Crippen LogP contribution in [0.1, 0.15) is 0 Å². The van der Waals surface area contributed by atoms with E-state index in [1.165, 1.54) is 7.11 Å². The van der Waals surface area contributed by atoms with E-state index in [0.29, 0.717) is 6.29 Å². The van der Waals surface area contributed by atoms with E-state index in [1.807, 2.05) is 0 Å². The van der Waals surface area contributed by atoms with Crippen LogP contribution >= 0.6 is 0 Å². The maximum absolute atomic E-state index is 10.4. The van der Waals surface area contributed by atoms with E-state index < -0.39 is 30.7 Å². The predicted molar refractivity (Wildman–Crippen MR) is 39.8 cm³/mol. The number of aliphatic hydroxyl groups excluding tert-OH is 3. The van der Waals surface area contributed by atoms with Crippen molar-refractivity contribution in [2.75, 3.05) is 7.11 Å². The van der Waals surface area contributed by atoms with Gasteiger partial charge in [-0.2, -0.15) is 0 Å². The Kier molecular flexibility index (Phi) is 3.34. The highest BCUT2D eigenvalue weighted by atomic mass is 16.6. The van der Waals surface area contributed by atoms with Gasteiger partial charge in [-0.25, -0.2) is 0 Å². The Hall–Kier alpha value is -0.530. The van der Waals surface area contributed by atoms with Crippen LogP contribution in [0.3, 0.4) is 0 Å². The van der Waals surface area contributed by atoms with Gasteiger partial charge in [0, 0.05) is 7.11 Å². The van der Waals surface area contributed by atoms with Crippen LogP contribution < -0.4 is 0 Å². The van der Waals surface area contributed by atoms with Crippen LogP contribution in [0.2, 0.25) is 0 Å². The minimum atomic E-state index is -1.51. The minimum Gasteiger partial charge on any atom is -0.387 e. The van der Waals surface area contributed by atoms with Crippen LogP contribution in [-0.2, 0) is 14.3 Å². The average Bonchev–Trinajstić information content (AvgIpc) is 2.12. The Balaban J connectivity index is 2.74. The second kappa shape index (κ2) is 4.12. The number of ether oxygens (including phenoxy) is 2. The number of hydrogen-bond donors (Lipinski definition) is 3. The first kappa shape index (κ1) is 10.6. The van der Waals surface area contributed by atoms with E-state index in [9.17, 15) is 15.0 Å². The molecule has 0 aromatic carbocycles. The molecule has 5 unspecified atom stereocenters. The van der Waals surface area contributed by atoms with Crippen LogP contribution in [0, 0.1) is 0 Å². The van der Waals surface area contributed by atoms with Crippen LogP contribution in [0.25, 0.3) is 0 Å². The minimum absolute atomic E-state index is 0.353. The summed E-state index contributed by atoms with van der Waals surface area (Å²) < 4.78 is 9.32. The van der Waals surface area contributed by atoms with Crippen molar-refractivity contribution in [1.29, 1.82) is 0 Å². The fraction of sp³-hybridized carbons (Fsp3) is 0.857. The number of methoxy groups -OCH3 is 1. The first-order valence-electron chi connectivity index (χ1n) is 3.79. The standard InChI is InChI=1S/C7H12O6/c1-12-6-4(9)3(2-8)13-7(11)5(6)10/h2-7,9-11H,1H3. The number of carbonyl (C=O) groups excluding carboxylic acids is 1. The van der Waals surface area contributed by atoms with Crippen LogP contribution in [0.4, 0.5) is 0 Å². The predicted octanol–water partition coefficient (Wildman–Crippen LogP) is -2.36. The van der Waals surface area contributed by atoms with Gasteiger partial charge in [0.25, 0.3) is 0 Å². The van der Waals surface area contributed by atoms with Gasteiger partial charge in [0.05, 0.1) is 0 Å². The molecule has 1 aliphatic heterocycles. The topological polar surface area (TPSA) is 96.2 Å². The zero-order valence-corrected chi connectivity index (χ0v) is 7.03. The number of hydrogen-bond acceptors (Lipinski definition) is 6. The summed E-state index contributed by atoms with van der Waals surface area (Å²) in [5.41, 5.74) is 0. The summed E-state index contributed by atoms with van der Waals surface area (Å²) in [7, 11) is 1.26. The van der Waals surface area contributed by atoms with Crippen molar-refractivity contribution in [3.63, 3.8) is 0 Å². The van der Waals surface area contributed by atoms with Crippen molar-refractivity contribution < 1.29 is 29.6 Å². The molecule has 6 nitrogen and oxygen atoms in total. The summed E-state index contributed by atoms with van der Waals surface area (Å²) in [5.74, 6) is 0. The fourth-order valence-electron chi connectivity index (χ4n) is 1.26. The quantitative estimate of drug-likeness (QED) is 0.423. The lowest BCUT2D eigenvalue weighted by molar-refractivity contribution is -0.276. The summed E-state index contributed by atoms with van der Waals surface area (Å²) in [6.07, 6.45) is -5.95. The third-order valence-corrected chi connectivity index (χ3v) is 2.00. The van der Waals surface area contributed by atoms with Gasteiger partial charge in [-0.15, -0.1) is 0 Å². The molecule has 6 heteroatoms. The molecular formula is C7H12O6. The first-order valence-corrected chi connectivity index (χ1v) is 3.79. The fourth-order valence-corrected chi connectivity index (χ4v) is 1.26. The van der Waals surface area contributed by atoms with E-state index in [-0.39, 0.29) is 0 Å². The number of aliphatic hydroxyl groups is 3. The number of rotatable bonds is 2. The molecule has 0 spiro atoms. The second-order valence-corrected chi connectivity index (χ2v) is 2.81. The summed E-state index contributed by atoms with van der Waals surface area (Å²) in [4.78, 5) is 10.4. The lowest BCUT2D eigenvalue weighted by atomic mass is 10.00. The van der Waals surface area contributed by atoms with E-state index in [0.717, 1.165) is 0 Å². The van der Waals surface area contributed by atoms with E-state index in [1.54, 1.807) is 0 Å². The van der Waals surface area contributed by atoms with Crippen molar-refractivity contribution in [3.8, 4) is 0 Å². The summed E-state index contributed by atoms with van der Waals surface area (Å²) in [6, 6.07) is 0. The summed E-state index contributed by atoms with van der Waals surface area (Å²) >= 11 is 0. The zero-order chi connectivity index (χ0) is 10.0. The molecule has 1 rings (SSSR count). The average molecular weight is 192 g/mol.